The lowest BCUT2D eigenvalue weighted by Gasteiger charge is -2.09. The molecule has 0 unspecified atom stereocenters. The zero-order chi connectivity index (χ0) is 20.1. The van der Waals surface area contributed by atoms with Crippen molar-refractivity contribution in [2.24, 2.45) is 0 Å². The number of nitrogens with zero attached hydrogens (tertiary/aromatic N) is 3. The van der Waals surface area contributed by atoms with E-state index in [-0.39, 0.29) is 5.91 Å². The minimum absolute atomic E-state index is 0.207. The Labute approximate surface area is 171 Å². The number of aromatic nitrogens is 3. The van der Waals surface area contributed by atoms with Gasteiger partial charge in [0.2, 0.25) is 5.95 Å². The fourth-order valence-corrected chi connectivity index (χ4v) is 3.28. The monoisotopic (exact) mass is 402 g/mol. The highest BCUT2D eigenvalue weighted by molar-refractivity contribution is 7.13. The van der Waals surface area contributed by atoms with Crippen molar-refractivity contribution in [1.82, 2.24) is 15.0 Å². The topological polar surface area (TPSA) is 106 Å². The highest BCUT2D eigenvalue weighted by Gasteiger charge is 2.08. The summed E-state index contributed by atoms with van der Waals surface area (Å²) in [6.45, 7) is 0.537. The van der Waals surface area contributed by atoms with Gasteiger partial charge >= 0.3 is 0 Å². The maximum absolute atomic E-state index is 12.4. The molecule has 29 heavy (non-hydrogen) atoms. The van der Waals surface area contributed by atoms with Gasteiger partial charge in [-0.1, -0.05) is 24.3 Å². The summed E-state index contributed by atoms with van der Waals surface area (Å²) in [7, 11) is 0. The molecule has 7 nitrogen and oxygen atoms in total. The largest absolute Gasteiger partial charge is 0.397 e. The van der Waals surface area contributed by atoms with Crippen LogP contribution < -0.4 is 16.4 Å². The fraction of sp³-hybridized carbons (Fsp3) is 0.0476. The second-order valence-electron chi connectivity index (χ2n) is 6.19. The summed E-state index contributed by atoms with van der Waals surface area (Å²) in [6, 6.07) is 16.3. The molecular weight excluding hydrogens is 384 g/mol. The molecular formula is C21H18N6OS. The highest BCUT2D eigenvalue weighted by Crippen LogP contribution is 2.20. The third-order valence-electron chi connectivity index (χ3n) is 4.18. The lowest BCUT2D eigenvalue weighted by molar-refractivity contribution is 0.102. The molecule has 0 spiro atoms. The van der Waals surface area contributed by atoms with Gasteiger partial charge in [-0.3, -0.25) is 4.79 Å². The lowest BCUT2D eigenvalue weighted by atomic mass is 10.1. The lowest BCUT2D eigenvalue weighted by Crippen LogP contribution is -2.13. The molecule has 2 aromatic carbocycles. The Morgan fingerprint density at radius 3 is 2.59 bits per heavy atom. The number of amides is 1. The molecule has 1 amide bonds. The van der Waals surface area contributed by atoms with E-state index in [1.54, 1.807) is 36.7 Å². The zero-order valence-corrected chi connectivity index (χ0v) is 16.2. The molecule has 4 aromatic rings. The number of benzene rings is 2. The van der Waals surface area contributed by atoms with E-state index >= 15 is 0 Å². The first-order valence-corrected chi connectivity index (χ1v) is 9.78. The van der Waals surface area contributed by atoms with Crippen molar-refractivity contribution < 1.29 is 4.79 Å². The van der Waals surface area contributed by atoms with Crippen LogP contribution in [0.2, 0.25) is 0 Å². The van der Waals surface area contributed by atoms with Crippen LogP contribution in [0.4, 0.5) is 17.3 Å². The molecule has 0 aliphatic rings. The first-order chi connectivity index (χ1) is 14.2. The van der Waals surface area contributed by atoms with Crippen molar-refractivity contribution in [3.63, 3.8) is 0 Å². The molecule has 0 radical (unpaired) electrons. The average molecular weight is 402 g/mol. The first-order valence-electron chi connectivity index (χ1n) is 8.90. The minimum atomic E-state index is -0.207. The van der Waals surface area contributed by atoms with Crippen LogP contribution in [0.15, 0.2) is 72.4 Å². The summed E-state index contributed by atoms with van der Waals surface area (Å²) in [5.74, 6) is 0.320. The van der Waals surface area contributed by atoms with Crippen molar-refractivity contribution in [3.8, 4) is 10.7 Å². The molecule has 0 fully saturated rings. The van der Waals surface area contributed by atoms with Gasteiger partial charge < -0.3 is 16.4 Å². The summed E-state index contributed by atoms with van der Waals surface area (Å²) in [5.41, 5.74) is 9.34. The van der Waals surface area contributed by atoms with Gasteiger partial charge in [-0.2, -0.15) is 0 Å². The van der Waals surface area contributed by atoms with Crippen LogP contribution in [0.5, 0.6) is 0 Å². The Hall–Kier alpha value is -3.78. The molecule has 0 aliphatic carbocycles. The van der Waals surface area contributed by atoms with Crippen LogP contribution in [-0.4, -0.2) is 20.9 Å². The normalized spacial score (nSPS) is 10.5. The number of carbonyl (C=O) groups is 1. The fourth-order valence-electron chi connectivity index (χ4n) is 2.67. The van der Waals surface area contributed by atoms with Gasteiger partial charge in [-0.25, -0.2) is 15.0 Å². The number of hydrogen-bond acceptors (Lipinski definition) is 7. The molecule has 2 heterocycles. The van der Waals surface area contributed by atoms with Crippen LogP contribution in [-0.2, 0) is 6.54 Å². The van der Waals surface area contributed by atoms with Crippen LogP contribution in [0.3, 0.4) is 0 Å². The smallest absolute Gasteiger partial charge is 0.255 e. The molecule has 2 aromatic heterocycles. The SMILES string of the molecule is Nc1ccccc1NC(=O)c1ccc(CNc2nccc(-c3nccs3)n2)cc1. The first kappa shape index (κ1) is 18.6. The maximum Gasteiger partial charge on any atom is 0.255 e. The maximum atomic E-state index is 12.4. The predicted octanol–water partition coefficient (Wildman–Crippen LogP) is 4.05. The second kappa shape index (κ2) is 8.49. The molecule has 0 aliphatic heterocycles. The van der Waals surface area contributed by atoms with E-state index in [0.717, 1.165) is 16.3 Å². The van der Waals surface area contributed by atoms with E-state index in [4.69, 9.17) is 5.73 Å². The number of rotatable bonds is 6. The van der Waals surface area contributed by atoms with Gasteiger partial charge in [0.05, 0.1) is 11.4 Å². The Morgan fingerprint density at radius 2 is 1.83 bits per heavy atom. The number of thiazole rings is 1. The quantitative estimate of drug-likeness (QED) is 0.420. The number of nitrogens with two attached hydrogens (primary N) is 1. The number of carbonyl (C=O) groups excluding carboxylic acids is 1. The molecule has 4 N–H and O–H groups in total. The van der Waals surface area contributed by atoms with Crippen molar-refractivity contribution in [2.45, 2.75) is 6.54 Å². The molecule has 0 bridgehead atoms. The van der Waals surface area contributed by atoms with Crippen molar-refractivity contribution >= 4 is 34.6 Å². The number of hydrogen-bond donors (Lipinski definition) is 3. The Morgan fingerprint density at radius 1 is 1.00 bits per heavy atom. The summed E-state index contributed by atoms with van der Waals surface area (Å²) < 4.78 is 0. The third kappa shape index (κ3) is 4.56. The van der Waals surface area contributed by atoms with E-state index in [0.29, 0.717) is 29.4 Å². The van der Waals surface area contributed by atoms with Gasteiger partial charge in [-0.05, 0) is 35.9 Å². The van der Waals surface area contributed by atoms with Gasteiger partial charge in [0, 0.05) is 29.9 Å². The van der Waals surface area contributed by atoms with E-state index < -0.39 is 0 Å². The number of anilines is 3. The standard InChI is InChI=1S/C21H18N6OS/c22-16-3-1-2-4-17(16)26-19(28)15-7-5-14(6-8-15)13-25-21-24-10-9-18(27-21)20-23-11-12-29-20/h1-12H,13,22H2,(H,26,28)(H,24,25,27). The highest BCUT2D eigenvalue weighted by atomic mass is 32.1. The Bertz CT molecular complexity index is 1110. The minimum Gasteiger partial charge on any atom is -0.397 e. The van der Waals surface area contributed by atoms with Gasteiger partial charge in [0.15, 0.2) is 0 Å². The average Bonchev–Trinajstić information content (AvgIpc) is 3.29. The van der Waals surface area contributed by atoms with Crippen LogP contribution >= 0.6 is 11.3 Å². The van der Waals surface area contributed by atoms with Crippen molar-refractivity contribution in [2.75, 3.05) is 16.4 Å². The van der Waals surface area contributed by atoms with Crippen molar-refractivity contribution in [1.29, 1.82) is 0 Å². The van der Waals surface area contributed by atoms with E-state index in [1.165, 1.54) is 11.3 Å². The molecule has 0 saturated heterocycles. The van der Waals surface area contributed by atoms with E-state index in [1.807, 2.05) is 35.7 Å². The summed E-state index contributed by atoms with van der Waals surface area (Å²) in [4.78, 5) is 25.4. The van der Waals surface area contributed by atoms with E-state index in [9.17, 15) is 4.79 Å². The van der Waals surface area contributed by atoms with Crippen LogP contribution in [0.1, 0.15) is 15.9 Å². The third-order valence-corrected chi connectivity index (χ3v) is 4.98. The number of para-hydroxylation sites is 2. The molecule has 0 atom stereocenters. The van der Waals surface area contributed by atoms with Crippen LogP contribution in [0.25, 0.3) is 10.7 Å². The number of nitrogen functional groups attached to an aromatic ring is 1. The van der Waals surface area contributed by atoms with Crippen LogP contribution in [0, 0.1) is 0 Å². The molecule has 8 heteroatoms. The molecule has 144 valence electrons. The van der Waals surface area contributed by atoms with E-state index in [2.05, 4.69) is 25.6 Å². The van der Waals surface area contributed by atoms with Gasteiger partial charge in [0.25, 0.3) is 5.91 Å². The molecule has 4 rings (SSSR count). The second-order valence-corrected chi connectivity index (χ2v) is 7.09. The summed E-state index contributed by atoms with van der Waals surface area (Å²) in [6.07, 6.45) is 3.45. The Kier molecular flexibility index (Phi) is 5.44. The van der Waals surface area contributed by atoms with Gasteiger partial charge in [0.1, 0.15) is 10.7 Å². The Balaban J connectivity index is 1.38. The van der Waals surface area contributed by atoms with Crippen molar-refractivity contribution in [3.05, 3.63) is 83.5 Å². The zero-order valence-electron chi connectivity index (χ0n) is 15.4. The van der Waals surface area contributed by atoms with Gasteiger partial charge in [-0.15, -0.1) is 11.3 Å². The number of nitrogens with one attached hydrogen (secondary N) is 2. The predicted molar refractivity (Wildman–Crippen MR) is 116 cm³/mol. The molecule has 0 saturated carbocycles. The summed E-state index contributed by atoms with van der Waals surface area (Å²) in [5, 5.41) is 8.78. The summed E-state index contributed by atoms with van der Waals surface area (Å²) >= 11 is 1.53.